The van der Waals surface area contributed by atoms with Crippen molar-refractivity contribution in [3.63, 3.8) is 0 Å². The average molecular weight is 213 g/mol. The molecule has 1 aliphatic heterocycles. The van der Waals surface area contributed by atoms with Crippen molar-refractivity contribution in [1.82, 2.24) is 15.1 Å². The molecule has 90 valence electrons. The first-order valence-electron chi connectivity index (χ1n) is 6.13. The molecule has 1 N–H and O–H groups in total. The van der Waals surface area contributed by atoms with E-state index in [0.717, 1.165) is 13.1 Å². The minimum absolute atomic E-state index is 0.351. The van der Waals surface area contributed by atoms with E-state index < -0.39 is 0 Å². The van der Waals surface area contributed by atoms with Crippen molar-refractivity contribution < 1.29 is 0 Å². The van der Waals surface area contributed by atoms with Crippen LogP contribution in [0.5, 0.6) is 0 Å². The zero-order chi connectivity index (χ0) is 11.3. The van der Waals surface area contributed by atoms with Gasteiger partial charge in [0, 0.05) is 18.6 Å². The number of hydrogen-bond acceptors (Lipinski definition) is 3. The predicted molar refractivity (Wildman–Crippen MR) is 66.3 cm³/mol. The summed E-state index contributed by atoms with van der Waals surface area (Å²) in [7, 11) is 4.30. The lowest BCUT2D eigenvalue weighted by Crippen LogP contribution is -2.50. The van der Waals surface area contributed by atoms with Crippen molar-refractivity contribution in [2.75, 3.05) is 46.8 Å². The number of rotatable bonds is 3. The zero-order valence-electron chi connectivity index (χ0n) is 10.8. The Labute approximate surface area is 94.8 Å². The van der Waals surface area contributed by atoms with Crippen LogP contribution in [0.25, 0.3) is 0 Å². The molecule has 1 saturated heterocycles. The molecule has 0 aliphatic carbocycles. The molecule has 1 fully saturated rings. The highest BCUT2D eigenvalue weighted by Gasteiger charge is 2.26. The molecular weight excluding hydrogens is 186 g/mol. The lowest BCUT2D eigenvalue weighted by molar-refractivity contribution is 0.0924. The van der Waals surface area contributed by atoms with Gasteiger partial charge in [-0.2, -0.15) is 0 Å². The van der Waals surface area contributed by atoms with Gasteiger partial charge in [-0.3, -0.25) is 4.90 Å². The molecule has 0 saturated carbocycles. The SMILES string of the molecule is CN(C)CCN1CCCNCCC1(C)C. The highest BCUT2D eigenvalue weighted by atomic mass is 15.2. The van der Waals surface area contributed by atoms with Crippen molar-refractivity contribution in [3.05, 3.63) is 0 Å². The molecule has 1 rings (SSSR count). The van der Waals surface area contributed by atoms with E-state index in [1.807, 2.05) is 0 Å². The molecule has 3 heteroatoms. The van der Waals surface area contributed by atoms with Crippen LogP contribution in [0.4, 0.5) is 0 Å². The van der Waals surface area contributed by atoms with Gasteiger partial charge >= 0.3 is 0 Å². The summed E-state index contributed by atoms with van der Waals surface area (Å²) in [5.41, 5.74) is 0.351. The largest absolute Gasteiger partial charge is 0.317 e. The molecule has 0 spiro atoms. The lowest BCUT2D eigenvalue weighted by Gasteiger charge is -2.41. The molecule has 0 atom stereocenters. The van der Waals surface area contributed by atoms with E-state index in [1.165, 1.54) is 32.5 Å². The molecule has 0 amide bonds. The van der Waals surface area contributed by atoms with Crippen molar-refractivity contribution in [2.45, 2.75) is 32.2 Å². The fourth-order valence-corrected chi connectivity index (χ4v) is 2.11. The van der Waals surface area contributed by atoms with Crippen molar-refractivity contribution in [1.29, 1.82) is 0 Å². The Kier molecular flexibility index (Phi) is 5.03. The first kappa shape index (κ1) is 12.9. The maximum atomic E-state index is 3.49. The highest BCUT2D eigenvalue weighted by molar-refractivity contribution is 4.84. The highest BCUT2D eigenvalue weighted by Crippen LogP contribution is 2.19. The topological polar surface area (TPSA) is 18.5 Å². The van der Waals surface area contributed by atoms with Gasteiger partial charge < -0.3 is 10.2 Å². The molecular formula is C12H27N3. The molecule has 0 bridgehead atoms. The Hall–Kier alpha value is -0.120. The van der Waals surface area contributed by atoms with Crippen LogP contribution in [0.2, 0.25) is 0 Å². The predicted octanol–water partition coefficient (Wildman–Crippen LogP) is 1.01. The van der Waals surface area contributed by atoms with Crippen LogP contribution in [-0.2, 0) is 0 Å². The van der Waals surface area contributed by atoms with E-state index in [-0.39, 0.29) is 0 Å². The summed E-state index contributed by atoms with van der Waals surface area (Å²) in [5, 5.41) is 3.49. The van der Waals surface area contributed by atoms with Gasteiger partial charge in [-0.1, -0.05) is 0 Å². The van der Waals surface area contributed by atoms with E-state index in [4.69, 9.17) is 0 Å². The third-order valence-corrected chi connectivity index (χ3v) is 3.37. The summed E-state index contributed by atoms with van der Waals surface area (Å²) in [6.07, 6.45) is 2.53. The van der Waals surface area contributed by atoms with E-state index in [2.05, 4.69) is 43.1 Å². The fourth-order valence-electron chi connectivity index (χ4n) is 2.11. The van der Waals surface area contributed by atoms with E-state index in [0.29, 0.717) is 5.54 Å². The Morgan fingerprint density at radius 3 is 2.67 bits per heavy atom. The molecule has 15 heavy (non-hydrogen) atoms. The van der Waals surface area contributed by atoms with E-state index >= 15 is 0 Å². The molecule has 1 aliphatic rings. The molecule has 1 heterocycles. The van der Waals surface area contributed by atoms with Crippen LogP contribution < -0.4 is 5.32 Å². The van der Waals surface area contributed by atoms with Crippen LogP contribution in [0.15, 0.2) is 0 Å². The number of likely N-dealkylation sites (N-methyl/N-ethyl adjacent to an activating group) is 1. The summed E-state index contributed by atoms with van der Waals surface area (Å²) in [6.45, 7) is 10.7. The molecule has 0 aromatic heterocycles. The number of nitrogens with one attached hydrogen (secondary N) is 1. The van der Waals surface area contributed by atoms with Gasteiger partial charge in [0.15, 0.2) is 0 Å². The van der Waals surface area contributed by atoms with Crippen LogP contribution in [0, 0.1) is 0 Å². The minimum Gasteiger partial charge on any atom is -0.317 e. The van der Waals surface area contributed by atoms with E-state index in [1.54, 1.807) is 0 Å². The summed E-state index contributed by atoms with van der Waals surface area (Å²) in [4.78, 5) is 4.92. The Balaban J connectivity index is 2.47. The molecule has 0 unspecified atom stereocenters. The van der Waals surface area contributed by atoms with Crippen LogP contribution in [-0.4, -0.2) is 62.2 Å². The summed E-state index contributed by atoms with van der Waals surface area (Å²) in [5.74, 6) is 0. The third kappa shape index (κ3) is 4.49. The summed E-state index contributed by atoms with van der Waals surface area (Å²) < 4.78 is 0. The van der Waals surface area contributed by atoms with Crippen molar-refractivity contribution in [3.8, 4) is 0 Å². The minimum atomic E-state index is 0.351. The van der Waals surface area contributed by atoms with Gasteiger partial charge in [0.05, 0.1) is 0 Å². The van der Waals surface area contributed by atoms with Gasteiger partial charge in [-0.05, 0) is 60.4 Å². The van der Waals surface area contributed by atoms with Gasteiger partial charge in [0.25, 0.3) is 0 Å². The monoisotopic (exact) mass is 213 g/mol. The molecule has 0 radical (unpaired) electrons. The molecule has 0 aromatic carbocycles. The maximum Gasteiger partial charge on any atom is 0.0165 e. The summed E-state index contributed by atoms with van der Waals surface area (Å²) in [6, 6.07) is 0. The Morgan fingerprint density at radius 1 is 1.27 bits per heavy atom. The number of nitrogens with zero attached hydrogens (tertiary/aromatic N) is 2. The lowest BCUT2D eigenvalue weighted by atomic mass is 9.96. The second-order valence-corrected chi connectivity index (χ2v) is 5.46. The van der Waals surface area contributed by atoms with Crippen LogP contribution >= 0.6 is 0 Å². The van der Waals surface area contributed by atoms with Gasteiger partial charge in [0.2, 0.25) is 0 Å². The Bertz CT molecular complexity index is 178. The quantitative estimate of drug-likeness (QED) is 0.755. The smallest absolute Gasteiger partial charge is 0.0165 e. The second kappa shape index (κ2) is 5.83. The van der Waals surface area contributed by atoms with Gasteiger partial charge in [-0.15, -0.1) is 0 Å². The average Bonchev–Trinajstić information content (AvgIpc) is 2.11. The first-order valence-corrected chi connectivity index (χ1v) is 6.13. The maximum absolute atomic E-state index is 3.49. The Morgan fingerprint density at radius 2 is 2.00 bits per heavy atom. The van der Waals surface area contributed by atoms with Gasteiger partial charge in [0.1, 0.15) is 0 Å². The van der Waals surface area contributed by atoms with Crippen LogP contribution in [0.1, 0.15) is 26.7 Å². The second-order valence-electron chi connectivity index (χ2n) is 5.46. The van der Waals surface area contributed by atoms with Crippen molar-refractivity contribution in [2.24, 2.45) is 0 Å². The molecule has 3 nitrogen and oxygen atoms in total. The van der Waals surface area contributed by atoms with Crippen LogP contribution in [0.3, 0.4) is 0 Å². The number of hydrogen-bond donors (Lipinski definition) is 1. The zero-order valence-corrected chi connectivity index (χ0v) is 10.8. The third-order valence-electron chi connectivity index (χ3n) is 3.37. The normalized spacial score (nSPS) is 23.8. The first-order chi connectivity index (χ1) is 7.02. The molecule has 0 aromatic rings. The van der Waals surface area contributed by atoms with E-state index in [9.17, 15) is 0 Å². The summed E-state index contributed by atoms with van der Waals surface area (Å²) >= 11 is 0. The van der Waals surface area contributed by atoms with Gasteiger partial charge in [-0.25, -0.2) is 0 Å². The standard InChI is InChI=1S/C12H27N3/c1-12(2)6-8-13-7-5-9-15(12)11-10-14(3)4/h13H,5-11H2,1-4H3. The van der Waals surface area contributed by atoms with Crippen molar-refractivity contribution >= 4 is 0 Å². The fraction of sp³-hybridized carbons (Fsp3) is 1.00.